The van der Waals surface area contributed by atoms with Gasteiger partial charge in [-0.15, -0.1) is 0 Å². The first-order valence-electron chi connectivity index (χ1n) is 8.51. The van der Waals surface area contributed by atoms with Gasteiger partial charge in [0.05, 0.1) is 15.6 Å². The number of carbonyl (C=O) groups is 1. The minimum atomic E-state index is -3.93. The first-order valence-corrected chi connectivity index (χ1v) is 10.4. The quantitative estimate of drug-likeness (QED) is 0.516. The number of aromatic nitrogens is 2. The van der Waals surface area contributed by atoms with Gasteiger partial charge in [-0.25, -0.2) is 18.4 Å². The molecule has 0 aliphatic carbocycles. The lowest BCUT2D eigenvalue weighted by Gasteiger charge is -2.11. The Balaban J connectivity index is 1.76. The summed E-state index contributed by atoms with van der Waals surface area (Å²) in [5.74, 6) is -0.303. The van der Waals surface area contributed by atoms with E-state index >= 15 is 0 Å². The fourth-order valence-corrected chi connectivity index (χ4v) is 3.88. The summed E-state index contributed by atoms with van der Waals surface area (Å²) in [5, 5.41) is 0.266. The average Bonchev–Trinajstić information content (AvgIpc) is 2.67. The largest absolute Gasteiger partial charge is 0.278 e. The van der Waals surface area contributed by atoms with E-state index in [9.17, 15) is 13.2 Å². The lowest BCUT2D eigenvalue weighted by molar-refractivity contribution is 0.0962. The molecule has 3 N–H and O–H groups in total. The molecule has 2 aromatic carbocycles. The van der Waals surface area contributed by atoms with Gasteiger partial charge >= 0.3 is 0 Å². The molecule has 0 fully saturated rings. The van der Waals surface area contributed by atoms with E-state index in [-0.39, 0.29) is 27.1 Å². The van der Waals surface area contributed by atoms with Crippen LogP contribution in [0.4, 0.5) is 11.6 Å². The summed E-state index contributed by atoms with van der Waals surface area (Å²) in [6.07, 6.45) is 0. The Morgan fingerprint density at radius 3 is 2.34 bits per heavy atom. The number of para-hydroxylation sites is 1. The Hall–Kier alpha value is -3.17. The van der Waals surface area contributed by atoms with E-state index in [0.29, 0.717) is 0 Å². The zero-order chi connectivity index (χ0) is 21.0. The van der Waals surface area contributed by atoms with E-state index < -0.39 is 15.9 Å². The highest BCUT2D eigenvalue weighted by atomic mass is 35.5. The van der Waals surface area contributed by atoms with Gasteiger partial charge in [0.15, 0.2) is 0 Å². The number of halogens is 1. The van der Waals surface area contributed by atoms with E-state index in [0.717, 1.165) is 11.4 Å². The summed E-state index contributed by atoms with van der Waals surface area (Å²) >= 11 is 6.01. The molecule has 0 atom stereocenters. The fraction of sp³-hybridized carbons (Fsp3) is 0.105. The highest BCUT2D eigenvalue weighted by Gasteiger charge is 2.17. The molecular formula is C19H18ClN5O3S. The van der Waals surface area contributed by atoms with Gasteiger partial charge in [-0.1, -0.05) is 29.8 Å². The molecule has 29 heavy (non-hydrogen) atoms. The van der Waals surface area contributed by atoms with Gasteiger partial charge in [0.1, 0.15) is 0 Å². The Kier molecular flexibility index (Phi) is 6.00. The number of amides is 1. The Morgan fingerprint density at radius 2 is 1.66 bits per heavy atom. The number of hydrogen-bond donors (Lipinski definition) is 3. The third kappa shape index (κ3) is 5.21. The molecule has 8 nitrogen and oxygen atoms in total. The fourth-order valence-electron chi connectivity index (χ4n) is 2.52. The van der Waals surface area contributed by atoms with Crippen LogP contribution < -0.4 is 15.6 Å². The summed E-state index contributed by atoms with van der Waals surface area (Å²) < 4.78 is 27.7. The smallest absolute Gasteiger partial charge is 0.269 e. The molecule has 1 aromatic heterocycles. The number of hydrogen-bond acceptors (Lipinski definition) is 6. The van der Waals surface area contributed by atoms with Gasteiger partial charge in [0.25, 0.3) is 15.9 Å². The number of anilines is 2. The van der Waals surface area contributed by atoms with Crippen LogP contribution in [0.25, 0.3) is 0 Å². The van der Waals surface area contributed by atoms with Gasteiger partial charge in [-0.2, -0.15) is 0 Å². The molecule has 3 rings (SSSR count). The van der Waals surface area contributed by atoms with Crippen LogP contribution in [0, 0.1) is 13.8 Å². The van der Waals surface area contributed by atoms with Crippen LogP contribution in [0.3, 0.4) is 0 Å². The number of rotatable bonds is 6. The maximum atomic E-state index is 12.6. The highest BCUT2D eigenvalue weighted by molar-refractivity contribution is 7.92. The van der Waals surface area contributed by atoms with Crippen LogP contribution >= 0.6 is 11.6 Å². The number of benzene rings is 2. The molecular weight excluding hydrogens is 414 g/mol. The van der Waals surface area contributed by atoms with Crippen LogP contribution in [0.1, 0.15) is 21.7 Å². The Morgan fingerprint density at radius 1 is 0.966 bits per heavy atom. The van der Waals surface area contributed by atoms with Crippen molar-refractivity contribution in [2.75, 3.05) is 10.1 Å². The summed E-state index contributed by atoms with van der Waals surface area (Å²) in [7, 11) is -3.93. The predicted molar refractivity (Wildman–Crippen MR) is 111 cm³/mol. The molecule has 150 valence electrons. The standard InChI is InChI=1S/C19H18ClN5O3S/c1-12-10-13(2)22-19(21-12)24-23-18(26)14-6-5-7-15(11-14)29(27,28)25-17-9-4-3-8-16(17)20/h3-11,25H,1-2H3,(H,23,26)(H,21,22,24). The second-order valence-corrected chi connectivity index (χ2v) is 8.26. The van der Waals surface area contributed by atoms with Gasteiger partial charge in [-0.05, 0) is 50.2 Å². The Labute approximate surface area is 173 Å². The van der Waals surface area contributed by atoms with E-state index in [1.807, 2.05) is 13.8 Å². The van der Waals surface area contributed by atoms with Gasteiger partial charge in [0.2, 0.25) is 5.95 Å². The first-order chi connectivity index (χ1) is 13.7. The maximum Gasteiger partial charge on any atom is 0.269 e. The Bertz CT molecular complexity index is 1150. The molecule has 0 saturated carbocycles. The molecule has 1 amide bonds. The van der Waals surface area contributed by atoms with Crippen LogP contribution in [0.2, 0.25) is 5.02 Å². The lowest BCUT2D eigenvalue weighted by atomic mass is 10.2. The van der Waals surface area contributed by atoms with Crippen LogP contribution in [0.15, 0.2) is 59.5 Å². The number of hydrazine groups is 1. The van der Waals surface area contributed by atoms with Crippen LogP contribution in [0.5, 0.6) is 0 Å². The third-order valence-electron chi connectivity index (χ3n) is 3.79. The van der Waals surface area contributed by atoms with Crippen molar-refractivity contribution in [2.24, 2.45) is 0 Å². The van der Waals surface area contributed by atoms with Crippen LogP contribution in [-0.2, 0) is 10.0 Å². The van der Waals surface area contributed by atoms with Crippen molar-refractivity contribution in [1.29, 1.82) is 0 Å². The number of aryl methyl sites for hydroxylation is 2. The molecule has 0 bridgehead atoms. The zero-order valence-corrected chi connectivity index (χ0v) is 17.2. The number of nitrogens with one attached hydrogen (secondary N) is 3. The molecule has 1 heterocycles. The summed E-state index contributed by atoms with van der Waals surface area (Å²) in [6.45, 7) is 3.62. The van der Waals surface area contributed by atoms with Crippen molar-refractivity contribution in [1.82, 2.24) is 15.4 Å². The second-order valence-electron chi connectivity index (χ2n) is 6.17. The van der Waals surface area contributed by atoms with E-state index in [2.05, 4.69) is 25.5 Å². The molecule has 3 aromatic rings. The van der Waals surface area contributed by atoms with Crippen molar-refractivity contribution >= 4 is 39.2 Å². The molecule has 0 aliphatic rings. The van der Waals surface area contributed by atoms with Crippen molar-refractivity contribution in [2.45, 2.75) is 18.7 Å². The molecule has 0 spiro atoms. The van der Waals surface area contributed by atoms with Gasteiger partial charge in [0, 0.05) is 17.0 Å². The molecule has 0 aliphatic heterocycles. The minimum absolute atomic E-state index is 0.0762. The maximum absolute atomic E-state index is 12.6. The molecule has 0 saturated heterocycles. The summed E-state index contributed by atoms with van der Waals surface area (Å²) in [5.41, 5.74) is 6.96. The van der Waals surface area contributed by atoms with Gasteiger partial charge in [-0.3, -0.25) is 20.4 Å². The third-order valence-corrected chi connectivity index (χ3v) is 5.49. The lowest BCUT2D eigenvalue weighted by Crippen LogP contribution is -2.30. The van der Waals surface area contributed by atoms with E-state index in [4.69, 9.17) is 11.6 Å². The number of carbonyl (C=O) groups excluding carboxylic acids is 1. The van der Waals surface area contributed by atoms with Crippen molar-refractivity contribution < 1.29 is 13.2 Å². The number of nitrogens with zero attached hydrogens (tertiary/aromatic N) is 2. The SMILES string of the molecule is Cc1cc(C)nc(NNC(=O)c2cccc(S(=O)(=O)Nc3ccccc3Cl)c2)n1. The molecule has 0 unspecified atom stereocenters. The van der Waals surface area contributed by atoms with Crippen molar-refractivity contribution in [3.63, 3.8) is 0 Å². The summed E-state index contributed by atoms with van der Waals surface area (Å²) in [6, 6.07) is 13.9. The first kappa shape index (κ1) is 20.6. The van der Waals surface area contributed by atoms with Crippen molar-refractivity contribution in [3.05, 3.63) is 76.6 Å². The minimum Gasteiger partial charge on any atom is -0.278 e. The number of sulfonamides is 1. The van der Waals surface area contributed by atoms with Gasteiger partial charge < -0.3 is 0 Å². The predicted octanol–water partition coefficient (Wildman–Crippen LogP) is 3.30. The molecule has 0 radical (unpaired) electrons. The van der Waals surface area contributed by atoms with Crippen LogP contribution in [-0.4, -0.2) is 24.3 Å². The summed E-state index contributed by atoms with van der Waals surface area (Å²) in [4.78, 5) is 20.7. The van der Waals surface area contributed by atoms with E-state index in [1.54, 1.807) is 30.3 Å². The topological polar surface area (TPSA) is 113 Å². The zero-order valence-electron chi connectivity index (χ0n) is 15.6. The molecule has 10 heteroatoms. The van der Waals surface area contributed by atoms with Crippen molar-refractivity contribution in [3.8, 4) is 0 Å². The second kappa shape index (κ2) is 8.46. The monoisotopic (exact) mass is 431 g/mol. The van der Waals surface area contributed by atoms with E-state index in [1.165, 1.54) is 24.3 Å². The normalized spacial score (nSPS) is 11.0. The highest BCUT2D eigenvalue weighted by Crippen LogP contribution is 2.24. The average molecular weight is 432 g/mol.